The summed E-state index contributed by atoms with van der Waals surface area (Å²) in [5, 5.41) is 3.03. The standard InChI is InChI=1S/C25H30N2O4/c1-30-21-10-8-18(16-22(21)31-2)9-11-23(28)27-14-12-25(13-15-27)17-20(25)24(29)26-19-6-4-3-5-7-19/h3-8,10,16,20H,9,11-15,17H2,1-2H3,(H,26,29)/t20-/m1/s1. The molecule has 1 saturated carbocycles. The summed E-state index contributed by atoms with van der Waals surface area (Å²) in [7, 11) is 3.22. The number of rotatable bonds is 7. The van der Waals surface area contributed by atoms with Gasteiger partial charge in [-0.2, -0.15) is 0 Å². The zero-order valence-corrected chi connectivity index (χ0v) is 18.2. The van der Waals surface area contributed by atoms with E-state index in [0.29, 0.717) is 24.3 Å². The zero-order chi connectivity index (χ0) is 21.8. The summed E-state index contributed by atoms with van der Waals surface area (Å²) in [5.41, 5.74) is 1.98. The van der Waals surface area contributed by atoms with Gasteiger partial charge in [-0.3, -0.25) is 9.59 Å². The molecule has 0 bridgehead atoms. The molecule has 1 atom stereocenters. The van der Waals surface area contributed by atoms with Crippen LogP contribution in [0.25, 0.3) is 0 Å². The minimum Gasteiger partial charge on any atom is -0.493 e. The quantitative estimate of drug-likeness (QED) is 0.735. The first-order valence-corrected chi connectivity index (χ1v) is 10.9. The molecule has 2 aliphatic rings. The van der Waals surface area contributed by atoms with E-state index in [-0.39, 0.29) is 23.1 Å². The summed E-state index contributed by atoms with van der Waals surface area (Å²) in [4.78, 5) is 27.3. The number of amides is 2. The van der Waals surface area contributed by atoms with Crippen molar-refractivity contribution in [3.05, 3.63) is 54.1 Å². The Bertz CT molecular complexity index is 936. The van der Waals surface area contributed by atoms with Crippen LogP contribution in [0, 0.1) is 11.3 Å². The summed E-state index contributed by atoms with van der Waals surface area (Å²) in [6.45, 7) is 1.47. The van der Waals surface area contributed by atoms with E-state index in [4.69, 9.17) is 9.47 Å². The fourth-order valence-electron chi connectivity index (χ4n) is 4.67. The lowest BCUT2D eigenvalue weighted by Gasteiger charge is -2.33. The fourth-order valence-corrected chi connectivity index (χ4v) is 4.67. The molecule has 6 heteroatoms. The van der Waals surface area contributed by atoms with Gasteiger partial charge in [0.1, 0.15) is 0 Å². The fraction of sp³-hybridized carbons (Fsp3) is 0.440. The first-order chi connectivity index (χ1) is 15.0. The molecule has 1 saturated heterocycles. The maximum absolute atomic E-state index is 12.7. The lowest BCUT2D eigenvalue weighted by molar-refractivity contribution is -0.132. The van der Waals surface area contributed by atoms with Gasteiger partial charge in [-0.15, -0.1) is 0 Å². The Morgan fingerprint density at radius 2 is 1.74 bits per heavy atom. The number of nitrogens with one attached hydrogen (secondary N) is 1. The molecule has 31 heavy (non-hydrogen) atoms. The molecule has 0 aromatic heterocycles. The van der Waals surface area contributed by atoms with Crippen molar-refractivity contribution in [2.45, 2.75) is 32.1 Å². The molecular weight excluding hydrogens is 392 g/mol. The third kappa shape index (κ3) is 4.68. The van der Waals surface area contributed by atoms with Crippen LogP contribution >= 0.6 is 0 Å². The molecule has 0 radical (unpaired) electrons. The van der Waals surface area contributed by atoms with E-state index in [9.17, 15) is 9.59 Å². The van der Waals surface area contributed by atoms with Gasteiger partial charge in [0.25, 0.3) is 0 Å². The summed E-state index contributed by atoms with van der Waals surface area (Å²) in [6, 6.07) is 15.4. The number of methoxy groups -OCH3 is 2. The number of hydrogen-bond donors (Lipinski definition) is 1. The molecule has 1 aliphatic heterocycles. The highest BCUT2D eigenvalue weighted by Crippen LogP contribution is 2.59. The molecule has 2 amide bonds. The number of nitrogens with zero attached hydrogens (tertiary/aromatic N) is 1. The topological polar surface area (TPSA) is 67.9 Å². The Morgan fingerprint density at radius 3 is 2.42 bits per heavy atom. The molecule has 6 nitrogen and oxygen atoms in total. The van der Waals surface area contributed by atoms with Crippen molar-refractivity contribution in [1.82, 2.24) is 4.90 Å². The van der Waals surface area contributed by atoms with Crippen LogP contribution < -0.4 is 14.8 Å². The van der Waals surface area contributed by atoms with Gasteiger partial charge in [0, 0.05) is 31.1 Å². The number of benzene rings is 2. The first kappa shape index (κ1) is 21.2. The number of ether oxygens (including phenoxy) is 2. The molecule has 1 heterocycles. The Labute approximate surface area is 183 Å². The van der Waals surface area contributed by atoms with Crippen molar-refractivity contribution in [3.63, 3.8) is 0 Å². The summed E-state index contributed by atoms with van der Waals surface area (Å²) >= 11 is 0. The van der Waals surface area contributed by atoms with Crippen molar-refractivity contribution in [2.75, 3.05) is 32.6 Å². The van der Waals surface area contributed by atoms with Crippen LogP contribution in [0.1, 0.15) is 31.2 Å². The number of likely N-dealkylation sites (tertiary alicyclic amines) is 1. The SMILES string of the molecule is COc1ccc(CCC(=O)N2CCC3(CC2)C[C@@H]3C(=O)Nc2ccccc2)cc1OC. The number of piperidine rings is 1. The van der Waals surface area contributed by atoms with E-state index < -0.39 is 0 Å². The highest BCUT2D eigenvalue weighted by atomic mass is 16.5. The predicted molar refractivity (Wildman–Crippen MR) is 119 cm³/mol. The lowest BCUT2D eigenvalue weighted by atomic mass is 9.90. The number of anilines is 1. The third-order valence-corrected chi connectivity index (χ3v) is 6.73. The number of para-hydroxylation sites is 1. The molecule has 2 aromatic carbocycles. The maximum Gasteiger partial charge on any atom is 0.228 e. The van der Waals surface area contributed by atoms with Crippen LogP contribution in [0.3, 0.4) is 0 Å². The number of carbonyl (C=O) groups is 2. The van der Waals surface area contributed by atoms with E-state index in [2.05, 4.69) is 5.32 Å². The van der Waals surface area contributed by atoms with Crippen LogP contribution in [-0.2, 0) is 16.0 Å². The zero-order valence-electron chi connectivity index (χ0n) is 18.2. The normalized spacial score (nSPS) is 19.0. The van der Waals surface area contributed by atoms with Gasteiger partial charge in [0.05, 0.1) is 14.2 Å². The molecule has 1 aliphatic carbocycles. The Hall–Kier alpha value is -3.02. The van der Waals surface area contributed by atoms with E-state index in [1.165, 1.54) is 0 Å². The minimum absolute atomic E-state index is 0.0664. The second-order valence-electron chi connectivity index (χ2n) is 8.54. The van der Waals surface area contributed by atoms with Gasteiger partial charge in [0.15, 0.2) is 11.5 Å². The molecule has 2 fully saturated rings. The second kappa shape index (κ2) is 9.00. The number of hydrogen-bond acceptors (Lipinski definition) is 4. The van der Waals surface area contributed by atoms with Gasteiger partial charge >= 0.3 is 0 Å². The average molecular weight is 423 g/mol. The van der Waals surface area contributed by atoms with E-state index in [1.54, 1.807) is 14.2 Å². The highest BCUT2D eigenvalue weighted by molar-refractivity contribution is 5.95. The van der Waals surface area contributed by atoms with Crippen LogP contribution in [0.4, 0.5) is 5.69 Å². The van der Waals surface area contributed by atoms with Crippen molar-refractivity contribution in [1.29, 1.82) is 0 Å². The van der Waals surface area contributed by atoms with Gasteiger partial charge < -0.3 is 19.7 Å². The van der Waals surface area contributed by atoms with Gasteiger partial charge in [0.2, 0.25) is 11.8 Å². The maximum atomic E-state index is 12.7. The molecule has 2 aromatic rings. The van der Waals surface area contributed by atoms with Crippen molar-refractivity contribution < 1.29 is 19.1 Å². The Morgan fingerprint density at radius 1 is 1.03 bits per heavy atom. The molecule has 164 valence electrons. The van der Waals surface area contributed by atoms with Gasteiger partial charge in [-0.25, -0.2) is 0 Å². The summed E-state index contributed by atoms with van der Waals surface area (Å²) in [6.07, 6.45) is 3.88. The minimum atomic E-state index is 0.0664. The molecule has 4 rings (SSSR count). The smallest absolute Gasteiger partial charge is 0.228 e. The van der Waals surface area contributed by atoms with E-state index in [1.807, 2.05) is 53.4 Å². The summed E-state index contributed by atoms with van der Waals surface area (Å²) in [5.74, 6) is 1.72. The molecule has 1 spiro atoms. The largest absolute Gasteiger partial charge is 0.493 e. The Kier molecular flexibility index (Phi) is 6.16. The van der Waals surface area contributed by atoms with Crippen LogP contribution in [0.15, 0.2) is 48.5 Å². The van der Waals surface area contributed by atoms with Gasteiger partial charge in [-0.05, 0) is 60.9 Å². The molecule has 1 N–H and O–H groups in total. The second-order valence-corrected chi connectivity index (χ2v) is 8.54. The van der Waals surface area contributed by atoms with Crippen LogP contribution in [0.2, 0.25) is 0 Å². The summed E-state index contributed by atoms with van der Waals surface area (Å²) < 4.78 is 10.6. The average Bonchev–Trinajstić information content (AvgIpc) is 3.51. The number of carbonyl (C=O) groups excluding carboxylic acids is 2. The van der Waals surface area contributed by atoms with Crippen molar-refractivity contribution in [3.8, 4) is 11.5 Å². The molecule has 0 unspecified atom stereocenters. The van der Waals surface area contributed by atoms with E-state index >= 15 is 0 Å². The molecular formula is C25H30N2O4. The Balaban J connectivity index is 1.25. The van der Waals surface area contributed by atoms with Crippen LogP contribution in [0.5, 0.6) is 11.5 Å². The highest BCUT2D eigenvalue weighted by Gasteiger charge is 2.58. The van der Waals surface area contributed by atoms with Crippen molar-refractivity contribution in [2.24, 2.45) is 11.3 Å². The van der Waals surface area contributed by atoms with Crippen molar-refractivity contribution >= 4 is 17.5 Å². The van der Waals surface area contributed by atoms with Crippen LogP contribution in [-0.4, -0.2) is 44.0 Å². The van der Waals surface area contributed by atoms with E-state index in [0.717, 1.165) is 43.6 Å². The first-order valence-electron chi connectivity index (χ1n) is 10.9. The third-order valence-electron chi connectivity index (χ3n) is 6.73. The number of aryl methyl sites for hydroxylation is 1. The lowest BCUT2D eigenvalue weighted by Crippen LogP contribution is -2.40. The predicted octanol–water partition coefficient (Wildman–Crippen LogP) is 3.90. The van der Waals surface area contributed by atoms with Gasteiger partial charge in [-0.1, -0.05) is 24.3 Å². The monoisotopic (exact) mass is 422 g/mol.